The third-order valence-electron chi connectivity index (χ3n) is 11.1. The molecule has 0 unspecified atom stereocenters. The molecule has 0 spiro atoms. The Morgan fingerprint density at radius 1 is 0.667 bits per heavy atom. The summed E-state index contributed by atoms with van der Waals surface area (Å²) in [7, 11) is 0. The molecule has 4 aromatic rings. The van der Waals surface area contributed by atoms with Crippen LogP contribution in [0.4, 0.5) is 0 Å². The average Bonchev–Trinajstić information content (AvgIpc) is 3.03. The second-order valence-electron chi connectivity index (χ2n) is 14.0. The largest absolute Gasteiger partial charge is 0.477 e. The molecule has 2 fully saturated rings. The van der Waals surface area contributed by atoms with Crippen molar-refractivity contribution >= 4 is 11.9 Å². The minimum absolute atomic E-state index is 0. The Morgan fingerprint density at radius 2 is 1.09 bits per heavy atom. The van der Waals surface area contributed by atoms with Crippen LogP contribution in [-0.2, 0) is 32.3 Å². The molecule has 6 aliphatic rings. The first-order chi connectivity index (χ1) is 20.9. The zero-order valence-corrected chi connectivity index (χ0v) is 27.5. The molecule has 0 amide bonds. The topological polar surface area (TPSA) is 126 Å². The monoisotopic (exact) mass is 690 g/mol. The first-order valence-electron chi connectivity index (χ1n) is 15.3. The van der Waals surface area contributed by atoms with Crippen LogP contribution in [0.5, 0.6) is 0 Å². The van der Waals surface area contributed by atoms with Crippen LogP contribution in [0.1, 0.15) is 95.6 Å². The van der Waals surface area contributed by atoms with Gasteiger partial charge in [0.2, 0.25) is 0 Å². The second-order valence-corrected chi connectivity index (χ2v) is 14.0. The maximum Gasteiger partial charge on any atom is 0.354 e. The van der Waals surface area contributed by atoms with E-state index in [4.69, 9.17) is 25.2 Å². The molecule has 0 aliphatic heterocycles. The molecule has 4 bridgehead atoms. The van der Waals surface area contributed by atoms with Crippen molar-refractivity contribution in [1.82, 2.24) is 19.9 Å². The average molecular weight is 690 g/mol. The summed E-state index contributed by atoms with van der Waals surface area (Å²) >= 11 is 0. The molecule has 2 N–H and O–H groups in total. The van der Waals surface area contributed by atoms with Crippen molar-refractivity contribution in [3.8, 4) is 22.8 Å². The van der Waals surface area contributed by atoms with Gasteiger partial charge in [0.1, 0.15) is 11.4 Å². The van der Waals surface area contributed by atoms with E-state index in [-0.39, 0.29) is 30.9 Å². The molecule has 4 heterocycles. The Kier molecular flexibility index (Phi) is 7.75. The fourth-order valence-electron chi connectivity index (χ4n) is 7.98. The molecule has 4 atom stereocenters. The number of aromatic carboxylic acids is 2. The zero-order valence-electron chi connectivity index (χ0n) is 25.8. The van der Waals surface area contributed by atoms with Crippen LogP contribution >= 0.6 is 0 Å². The van der Waals surface area contributed by atoms with Crippen LogP contribution in [0, 0.1) is 22.7 Å². The van der Waals surface area contributed by atoms with Gasteiger partial charge in [-0.05, 0) is 119 Å². The van der Waals surface area contributed by atoms with Gasteiger partial charge in [-0.1, -0.05) is 39.8 Å². The normalized spacial score (nSPS) is 23.7. The molecular formula is C36H36N4O4Ru. The standard InChI is InChI=1S/C29H31N3.C7H5NO4.Ru/c1-28(2)18-8-16-10-26(30-14-20(16)22(28)12-18)24-6-5-7-25(32-24)27-11-17-9-19-13-23(29(19,3)4)21(17)15-31-27;9-6(10)4-2-1-3-5(8-4)7(11)12;/h5-7,10-11,14-15,18-19,22-23H,8-9,12-13H2,1-4H3;1-3H,(H,9,10)(H,11,12);/t18-,19-,22-,23-;;/m0../s1. The van der Waals surface area contributed by atoms with Gasteiger partial charge in [-0.2, -0.15) is 0 Å². The number of carboxylic acids is 2. The Balaban J connectivity index is 0.000000235. The SMILES string of the molecule is CC1(C)[C@H]2Cc3cc(-c4cccc(-c5cc6c(cn5)[C@@H]5C[C@H](C6)C5(C)C)n4)ncc3[C@@H]1C2.O=C(O)c1cccc(C(=O)O)n1.[Ru]. The summed E-state index contributed by atoms with van der Waals surface area (Å²) in [5, 5.41) is 16.9. The summed E-state index contributed by atoms with van der Waals surface area (Å²) < 4.78 is 0. The first kappa shape index (κ1) is 31.2. The number of carboxylic acid groups (broad SMARTS) is 2. The van der Waals surface area contributed by atoms with Gasteiger partial charge in [-0.3, -0.25) is 9.97 Å². The van der Waals surface area contributed by atoms with E-state index < -0.39 is 11.9 Å². The van der Waals surface area contributed by atoms with Crippen LogP contribution in [-0.4, -0.2) is 42.1 Å². The Morgan fingerprint density at radius 3 is 1.49 bits per heavy atom. The molecule has 9 heteroatoms. The van der Waals surface area contributed by atoms with Crippen molar-refractivity contribution in [2.45, 2.75) is 65.2 Å². The number of rotatable bonds is 4. The van der Waals surface area contributed by atoms with E-state index in [0.29, 0.717) is 22.7 Å². The van der Waals surface area contributed by atoms with Gasteiger partial charge in [0.25, 0.3) is 0 Å². The number of carbonyl (C=O) groups is 2. The summed E-state index contributed by atoms with van der Waals surface area (Å²) in [6.45, 7) is 9.68. The fourth-order valence-corrected chi connectivity index (χ4v) is 7.98. The smallest absolute Gasteiger partial charge is 0.354 e. The quantitative estimate of drug-likeness (QED) is 0.218. The van der Waals surface area contributed by atoms with Crippen molar-refractivity contribution in [2.24, 2.45) is 22.7 Å². The summed E-state index contributed by atoms with van der Waals surface area (Å²) in [5.41, 5.74) is 10.1. The number of hydrogen-bond acceptors (Lipinski definition) is 6. The van der Waals surface area contributed by atoms with Crippen LogP contribution < -0.4 is 0 Å². The van der Waals surface area contributed by atoms with Crippen molar-refractivity contribution < 1.29 is 39.3 Å². The minimum atomic E-state index is -1.24. The van der Waals surface area contributed by atoms with E-state index in [2.05, 4.69) is 75.4 Å². The summed E-state index contributed by atoms with van der Waals surface area (Å²) in [6.07, 6.45) is 9.28. The maximum atomic E-state index is 10.3. The van der Waals surface area contributed by atoms with Gasteiger partial charge in [0, 0.05) is 31.9 Å². The Bertz CT molecular complexity index is 1710. The van der Waals surface area contributed by atoms with Crippen molar-refractivity contribution in [2.75, 3.05) is 0 Å². The Labute approximate surface area is 275 Å². The summed E-state index contributed by atoms with van der Waals surface area (Å²) in [4.78, 5) is 38.7. The van der Waals surface area contributed by atoms with Gasteiger partial charge in [0.15, 0.2) is 0 Å². The van der Waals surface area contributed by atoms with Crippen LogP contribution in [0.25, 0.3) is 22.8 Å². The molecule has 232 valence electrons. The van der Waals surface area contributed by atoms with Gasteiger partial charge in [-0.15, -0.1) is 0 Å². The number of nitrogens with zero attached hydrogens (tertiary/aromatic N) is 4. The second kappa shape index (κ2) is 11.2. The van der Waals surface area contributed by atoms with E-state index in [0.717, 1.165) is 34.6 Å². The minimum Gasteiger partial charge on any atom is -0.477 e. The van der Waals surface area contributed by atoms with E-state index in [1.54, 1.807) is 0 Å². The predicted molar refractivity (Wildman–Crippen MR) is 166 cm³/mol. The van der Waals surface area contributed by atoms with Gasteiger partial charge in [0.05, 0.1) is 22.8 Å². The zero-order chi connectivity index (χ0) is 31.0. The van der Waals surface area contributed by atoms with E-state index in [1.807, 2.05) is 0 Å². The van der Waals surface area contributed by atoms with Crippen LogP contribution in [0.15, 0.2) is 60.9 Å². The number of hydrogen-bond donors (Lipinski definition) is 2. The molecule has 0 saturated heterocycles. The first-order valence-corrected chi connectivity index (χ1v) is 15.3. The fraction of sp³-hybridized carbons (Fsp3) is 0.389. The van der Waals surface area contributed by atoms with E-state index in [9.17, 15) is 9.59 Å². The molecule has 0 radical (unpaired) electrons. The molecule has 2 saturated carbocycles. The third-order valence-corrected chi connectivity index (χ3v) is 11.1. The molecular weight excluding hydrogens is 653 g/mol. The van der Waals surface area contributed by atoms with Crippen LogP contribution in [0.2, 0.25) is 0 Å². The number of pyridine rings is 4. The summed E-state index contributed by atoms with van der Waals surface area (Å²) in [6, 6.07) is 14.7. The third kappa shape index (κ3) is 5.19. The molecule has 6 aliphatic carbocycles. The predicted octanol–water partition coefficient (Wildman–Crippen LogP) is 7.05. The molecule has 10 rings (SSSR count). The van der Waals surface area contributed by atoms with E-state index >= 15 is 0 Å². The molecule has 8 nitrogen and oxygen atoms in total. The van der Waals surface area contributed by atoms with E-state index in [1.165, 1.54) is 66.1 Å². The van der Waals surface area contributed by atoms with Crippen LogP contribution in [0.3, 0.4) is 0 Å². The van der Waals surface area contributed by atoms with Gasteiger partial charge >= 0.3 is 11.9 Å². The maximum absolute atomic E-state index is 10.3. The molecule has 4 aromatic heterocycles. The number of aromatic nitrogens is 4. The van der Waals surface area contributed by atoms with Gasteiger partial charge in [-0.25, -0.2) is 19.6 Å². The Hall–Kier alpha value is -3.84. The molecule has 0 aromatic carbocycles. The van der Waals surface area contributed by atoms with Crippen molar-refractivity contribution in [3.63, 3.8) is 0 Å². The van der Waals surface area contributed by atoms with Crippen molar-refractivity contribution in [3.05, 3.63) is 94.6 Å². The van der Waals surface area contributed by atoms with Crippen molar-refractivity contribution in [1.29, 1.82) is 0 Å². The molecule has 45 heavy (non-hydrogen) atoms. The van der Waals surface area contributed by atoms with Gasteiger partial charge < -0.3 is 10.2 Å². The summed E-state index contributed by atoms with van der Waals surface area (Å²) in [5.74, 6) is 0.494.